The van der Waals surface area contributed by atoms with Gasteiger partial charge >= 0.3 is 12.4 Å². The summed E-state index contributed by atoms with van der Waals surface area (Å²) in [4.78, 5) is 0.889. The van der Waals surface area contributed by atoms with E-state index < -0.39 is 35.3 Å². The van der Waals surface area contributed by atoms with Gasteiger partial charge in [-0.15, -0.1) is 12.4 Å². The van der Waals surface area contributed by atoms with Crippen molar-refractivity contribution in [3.63, 3.8) is 0 Å². The van der Waals surface area contributed by atoms with Crippen LogP contribution in [0.25, 0.3) is 0 Å². The van der Waals surface area contributed by atoms with Crippen LogP contribution in [-0.2, 0) is 6.18 Å². The Labute approximate surface area is 134 Å². The topological polar surface area (TPSA) is 15.3 Å². The Bertz CT molecular complexity index is 524. The molecule has 0 bridgehead atoms. The third kappa shape index (κ3) is 4.48. The second-order valence-electron chi connectivity index (χ2n) is 4.93. The van der Waals surface area contributed by atoms with Gasteiger partial charge in [0.25, 0.3) is 0 Å². The van der Waals surface area contributed by atoms with Crippen LogP contribution in [0.2, 0.25) is 0 Å². The SMILES string of the molecule is Cl.Fc1cccc([C@H](N2CCNCC2)C(F)(F)F)c1C(F)(F)F. The highest BCUT2D eigenvalue weighted by Gasteiger charge is 2.49. The van der Waals surface area contributed by atoms with Gasteiger partial charge < -0.3 is 5.32 Å². The first kappa shape index (κ1) is 20.0. The lowest BCUT2D eigenvalue weighted by Crippen LogP contribution is -2.49. The van der Waals surface area contributed by atoms with Crippen molar-refractivity contribution in [1.29, 1.82) is 0 Å². The molecule has 1 N–H and O–H groups in total. The number of nitrogens with zero attached hydrogens (tertiary/aromatic N) is 1. The molecule has 1 aliphatic rings. The zero-order valence-corrected chi connectivity index (χ0v) is 12.5. The minimum absolute atomic E-state index is 0. The van der Waals surface area contributed by atoms with Crippen LogP contribution in [0.1, 0.15) is 17.2 Å². The average molecular weight is 367 g/mol. The fourth-order valence-electron chi connectivity index (χ4n) is 2.59. The Morgan fingerprint density at radius 2 is 1.57 bits per heavy atom. The number of benzene rings is 1. The van der Waals surface area contributed by atoms with Gasteiger partial charge in [0.2, 0.25) is 0 Å². The van der Waals surface area contributed by atoms with Gasteiger partial charge in [0.05, 0.1) is 5.56 Å². The highest BCUT2D eigenvalue weighted by molar-refractivity contribution is 5.85. The molecule has 1 aromatic rings. The molecule has 1 saturated heterocycles. The predicted molar refractivity (Wildman–Crippen MR) is 71.9 cm³/mol. The lowest BCUT2D eigenvalue weighted by Gasteiger charge is -2.37. The molecule has 1 fully saturated rings. The molecule has 1 aliphatic heterocycles. The Balaban J connectivity index is 0.00000264. The first-order valence-electron chi connectivity index (χ1n) is 6.49. The summed E-state index contributed by atoms with van der Waals surface area (Å²) >= 11 is 0. The zero-order chi connectivity index (χ0) is 16.5. The normalized spacial score (nSPS) is 18.4. The Morgan fingerprint density at radius 3 is 2.04 bits per heavy atom. The van der Waals surface area contributed by atoms with Crippen LogP contribution < -0.4 is 5.32 Å². The average Bonchev–Trinajstić information content (AvgIpc) is 2.37. The smallest absolute Gasteiger partial charge is 0.314 e. The van der Waals surface area contributed by atoms with E-state index in [1.54, 1.807) is 0 Å². The van der Waals surface area contributed by atoms with E-state index in [2.05, 4.69) is 5.32 Å². The number of rotatable bonds is 2. The quantitative estimate of drug-likeness (QED) is 0.802. The van der Waals surface area contributed by atoms with E-state index in [4.69, 9.17) is 0 Å². The van der Waals surface area contributed by atoms with E-state index >= 15 is 0 Å². The maximum absolute atomic E-state index is 13.5. The zero-order valence-electron chi connectivity index (χ0n) is 11.6. The van der Waals surface area contributed by atoms with Gasteiger partial charge in [-0.3, -0.25) is 4.90 Å². The standard InChI is InChI=1S/C13H13F7N2.ClH/c14-9-3-1-2-8(10(9)12(15,16)17)11(13(18,19)20)22-6-4-21-5-7-22;/h1-3,11,21H,4-7H2;1H/t11-;/m0./s1. The van der Waals surface area contributed by atoms with Crippen molar-refractivity contribution in [2.75, 3.05) is 26.2 Å². The molecule has 132 valence electrons. The second kappa shape index (κ2) is 7.23. The second-order valence-corrected chi connectivity index (χ2v) is 4.93. The molecule has 2 rings (SSSR count). The summed E-state index contributed by atoms with van der Waals surface area (Å²) in [6, 6.07) is -0.424. The highest BCUT2D eigenvalue weighted by Crippen LogP contribution is 2.44. The summed E-state index contributed by atoms with van der Waals surface area (Å²) < 4.78 is 92.5. The summed E-state index contributed by atoms with van der Waals surface area (Å²) in [7, 11) is 0. The number of piperazine rings is 1. The number of alkyl halides is 6. The molecule has 0 saturated carbocycles. The van der Waals surface area contributed by atoms with Crippen LogP contribution in [0, 0.1) is 5.82 Å². The van der Waals surface area contributed by atoms with E-state index in [-0.39, 0.29) is 38.6 Å². The molecule has 1 heterocycles. The number of hydrogen-bond acceptors (Lipinski definition) is 2. The molecule has 0 unspecified atom stereocenters. The first-order valence-corrected chi connectivity index (χ1v) is 6.49. The van der Waals surface area contributed by atoms with Gasteiger partial charge in [0.15, 0.2) is 0 Å². The minimum Gasteiger partial charge on any atom is -0.314 e. The summed E-state index contributed by atoms with van der Waals surface area (Å²) in [6.45, 7) is 0.308. The molecule has 10 heteroatoms. The van der Waals surface area contributed by atoms with E-state index in [1.165, 1.54) is 0 Å². The van der Waals surface area contributed by atoms with E-state index in [0.717, 1.165) is 11.0 Å². The molecule has 1 atom stereocenters. The van der Waals surface area contributed by atoms with E-state index in [1.807, 2.05) is 0 Å². The Kier molecular flexibility index (Phi) is 6.28. The Hall–Kier alpha value is -1.06. The van der Waals surface area contributed by atoms with Crippen LogP contribution in [0.4, 0.5) is 30.7 Å². The van der Waals surface area contributed by atoms with Crippen molar-refractivity contribution in [3.8, 4) is 0 Å². The summed E-state index contributed by atoms with van der Waals surface area (Å²) in [6.07, 6.45) is -10.1. The number of nitrogens with one attached hydrogen (secondary N) is 1. The summed E-state index contributed by atoms with van der Waals surface area (Å²) in [5.41, 5.74) is -2.95. The Morgan fingerprint density at radius 1 is 1.00 bits per heavy atom. The van der Waals surface area contributed by atoms with Crippen molar-refractivity contribution >= 4 is 12.4 Å². The van der Waals surface area contributed by atoms with Gasteiger partial charge in [-0.1, -0.05) is 12.1 Å². The molecule has 0 amide bonds. The van der Waals surface area contributed by atoms with Crippen LogP contribution in [0.3, 0.4) is 0 Å². The molecule has 0 radical (unpaired) electrons. The van der Waals surface area contributed by atoms with Crippen LogP contribution in [0.5, 0.6) is 0 Å². The third-order valence-corrected chi connectivity index (χ3v) is 3.45. The molecular weight excluding hydrogens is 353 g/mol. The molecule has 0 spiro atoms. The summed E-state index contributed by atoms with van der Waals surface area (Å²) in [5, 5.41) is 2.82. The van der Waals surface area contributed by atoms with E-state index in [9.17, 15) is 30.7 Å². The van der Waals surface area contributed by atoms with E-state index in [0.29, 0.717) is 12.1 Å². The first-order chi connectivity index (χ1) is 10.1. The monoisotopic (exact) mass is 366 g/mol. The van der Waals surface area contributed by atoms with Gasteiger partial charge in [-0.25, -0.2) is 4.39 Å². The lowest BCUT2D eigenvalue weighted by molar-refractivity contribution is -0.191. The van der Waals surface area contributed by atoms with Gasteiger partial charge in [0, 0.05) is 26.2 Å². The molecular formula is C13H14ClF7N2. The predicted octanol–water partition coefficient (Wildman–Crippen LogP) is 3.77. The maximum atomic E-state index is 13.5. The lowest BCUT2D eigenvalue weighted by atomic mass is 9.97. The minimum atomic E-state index is -5.20. The largest absolute Gasteiger partial charge is 0.419 e. The van der Waals surface area contributed by atoms with Gasteiger partial charge in [0.1, 0.15) is 11.9 Å². The molecule has 0 aliphatic carbocycles. The van der Waals surface area contributed by atoms with Crippen LogP contribution in [-0.4, -0.2) is 37.3 Å². The molecule has 2 nitrogen and oxygen atoms in total. The third-order valence-electron chi connectivity index (χ3n) is 3.45. The maximum Gasteiger partial charge on any atom is 0.419 e. The summed E-state index contributed by atoms with van der Waals surface area (Å²) in [5.74, 6) is -1.70. The van der Waals surface area contributed by atoms with Crippen molar-refractivity contribution in [2.24, 2.45) is 0 Å². The molecule has 1 aromatic carbocycles. The number of hydrogen-bond donors (Lipinski definition) is 1. The fraction of sp³-hybridized carbons (Fsp3) is 0.538. The van der Waals surface area contributed by atoms with Crippen LogP contribution >= 0.6 is 12.4 Å². The van der Waals surface area contributed by atoms with Crippen molar-refractivity contribution in [1.82, 2.24) is 10.2 Å². The molecule has 0 aromatic heterocycles. The van der Waals surface area contributed by atoms with Gasteiger partial charge in [-0.05, 0) is 11.6 Å². The van der Waals surface area contributed by atoms with Gasteiger partial charge in [-0.2, -0.15) is 26.3 Å². The molecule has 23 heavy (non-hydrogen) atoms. The highest BCUT2D eigenvalue weighted by atomic mass is 35.5. The van der Waals surface area contributed by atoms with Crippen LogP contribution in [0.15, 0.2) is 18.2 Å². The fourth-order valence-corrected chi connectivity index (χ4v) is 2.59. The van der Waals surface area contributed by atoms with Crippen molar-refractivity contribution in [3.05, 3.63) is 35.1 Å². The van der Waals surface area contributed by atoms with Crippen molar-refractivity contribution < 1.29 is 30.7 Å². The van der Waals surface area contributed by atoms with Crippen molar-refractivity contribution in [2.45, 2.75) is 18.4 Å². The number of halogens is 8.